The third-order valence-corrected chi connectivity index (χ3v) is 2.48. The smallest absolute Gasteiger partial charge is 0.356 e. The monoisotopic (exact) mass is 329 g/mol. The second kappa shape index (κ2) is 9.93. The van der Waals surface area contributed by atoms with Crippen molar-refractivity contribution in [1.29, 1.82) is 0 Å². The first-order chi connectivity index (χ1) is 10.6. The Morgan fingerprint density at radius 2 is 2.00 bits per heavy atom. The van der Waals surface area contributed by atoms with E-state index in [-0.39, 0.29) is 6.54 Å². The average molecular weight is 329 g/mol. The van der Waals surface area contributed by atoms with E-state index < -0.39 is 23.6 Å². The molecule has 0 fully saturated rings. The van der Waals surface area contributed by atoms with E-state index in [4.69, 9.17) is 27.0 Å². The van der Waals surface area contributed by atoms with Gasteiger partial charge in [0.2, 0.25) is 0 Å². The van der Waals surface area contributed by atoms with Gasteiger partial charge in [0.1, 0.15) is 23.2 Å². The lowest BCUT2D eigenvalue weighted by Crippen LogP contribution is -2.30. The van der Waals surface area contributed by atoms with Crippen LogP contribution in [0.4, 0.5) is 0 Å². The van der Waals surface area contributed by atoms with Gasteiger partial charge in [-0.05, 0) is 40.2 Å². The van der Waals surface area contributed by atoms with Crippen LogP contribution in [-0.2, 0) is 16.1 Å². The van der Waals surface area contributed by atoms with Gasteiger partial charge < -0.3 is 32.0 Å². The molecule has 0 unspecified atom stereocenters. The number of nitrogens with one attached hydrogen (secondary N) is 1. The van der Waals surface area contributed by atoms with Crippen LogP contribution < -0.4 is 17.2 Å². The molecule has 0 amide bonds. The van der Waals surface area contributed by atoms with Crippen LogP contribution in [0.2, 0.25) is 0 Å². The molecule has 1 heterocycles. The Balaban J connectivity index is 0.000000468. The second-order valence-electron chi connectivity index (χ2n) is 5.83. The van der Waals surface area contributed by atoms with E-state index in [1.807, 2.05) is 20.8 Å². The van der Waals surface area contributed by atoms with Gasteiger partial charge in [0.15, 0.2) is 0 Å². The van der Waals surface area contributed by atoms with Crippen molar-refractivity contribution in [1.82, 2.24) is 9.97 Å². The zero-order valence-electron chi connectivity index (χ0n) is 13.8. The zero-order valence-corrected chi connectivity index (χ0v) is 13.8. The molecule has 1 aromatic rings. The molecule has 0 spiro atoms. The molecule has 0 aliphatic carbocycles. The number of carbonyl (C=O) groups is 2. The van der Waals surface area contributed by atoms with Crippen molar-refractivity contribution < 1.29 is 19.4 Å². The highest BCUT2D eigenvalue weighted by Gasteiger charge is 2.19. The normalized spacial score (nSPS) is 12.1. The Morgan fingerprint density at radius 1 is 1.39 bits per heavy atom. The van der Waals surface area contributed by atoms with Gasteiger partial charge in [0.05, 0.1) is 12.7 Å². The molecule has 1 rings (SSSR count). The summed E-state index contributed by atoms with van der Waals surface area (Å²) in [6, 6.07) is -0.742. The molecule has 0 bridgehead atoms. The fourth-order valence-corrected chi connectivity index (χ4v) is 1.36. The van der Waals surface area contributed by atoms with Gasteiger partial charge in [-0.25, -0.2) is 9.78 Å². The van der Waals surface area contributed by atoms with Crippen LogP contribution in [-0.4, -0.2) is 45.2 Å². The van der Waals surface area contributed by atoms with Crippen molar-refractivity contribution in [3.05, 3.63) is 17.7 Å². The number of carboxylic acid groups (broad SMARTS) is 1. The quantitative estimate of drug-likeness (QED) is 0.452. The number of carbonyl (C=O) groups excluding carboxylic acids is 1. The van der Waals surface area contributed by atoms with Gasteiger partial charge >= 0.3 is 11.9 Å². The Bertz CT molecular complexity index is 496. The van der Waals surface area contributed by atoms with Gasteiger partial charge in [0.25, 0.3) is 0 Å². The van der Waals surface area contributed by atoms with E-state index in [0.717, 1.165) is 0 Å². The number of esters is 1. The first-order valence-electron chi connectivity index (χ1n) is 7.26. The predicted octanol–water partition coefficient (Wildman–Crippen LogP) is -0.0391. The fraction of sp³-hybridized carbons (Fsp3) is 0.643. The lowest BCUT2D eigenvalue weighted by atomic mass is 10.2. The van der Waals surface area contributed by atoms with E-state index in [0.29, 0.717) is 30.9 Å². The van der Waals surface area contributed by atoms with Crippen LogP contribution in [0, 0.1) is 0 Å². The summed E-state index contributed by atoms with van der Waals surface area (Å²) in [4.78, 5) is 28.2. The van der Waals surface area contributed by atoms with Crippen molar-refractivity contribution >= 4 is 11.9 Å². The molecule has 1 aromatic heterocycles. The minimum Gasteiger partial charge on any atom is -0.480 e. The standard InChI is InChI=1S/C9H15N3O2.C5H12N2O2/c1-9(2,3)14-8(13)6-5-11-7(4-10)12-6;6-3-1-2-4(7)5(8)9/h5H,4,10H2,1-3H3,(H,11,12);4H,1-3,6-7H2,(H,8,9)/t;4-/m.0/s1. The first-order valence-corrected chi connectivity index (χ1v) is 7.26. The molecule has 9 heteroatoms. The van der Waals surface area contributed by atoms with Crippen molar-refractivity contribution in [2.75, 3.05) is 6.54 Å². The Hall–Kier alpha value is -1.97. The van der Waals surface area contributed by atoms with E-state index in [1.54, 1.807) is 0 Å². The highest BCUT2D eigenvalue weighted by molar-refractivity contribution is 5.87. The number of aromatic nitrogens is 2. The lowest BCUT2D eigenvalue weighted by molar-refractivity contribution is -0.138. The number of H-pyrrole nitrogens is 1. The number of nitrogens with two attached hydrogens (primary N) is 3. The number of carboxylic acids is 1. The minimum absolute atomic E-state index is 0.281. The molecule has 0 saturated carbocycles. The Kier molecular flexibility index (Phi) is 9.08. The molecule has 0 aromatic carbocycles. The first kappa shape index (κ1) is 21.0. The van der Waals surface area contributed by atoms with Gasteiger partial charge in [0, 0.05) is 0 Å². The molecule has 0 saturated heterocycles. The van der Waals surface area contributed by atoms with Gasteiger partial charge in [-0.1, -0.05) is 0 Å². The van der Waals surface area contributed by atoms with Crippen molar-refractivity contribution in [3.63, 3.8) is 0 Å². The van der Waals surface area contributed by atoms with E-state index in [2.05, 4.69) is 9.97 Å². The largest absolute Gasteiger partial charge is 0.480 e. The number of hydrogen-bond donors (Lipinski definition) is 5. The summed E-state index contributed by atoms with van der Waals surface area (Å²) in [6.07, 6.45) is 2.57. The zero-order chi connectivity index (χ0) is 18.0. The van der Waals surface area contributed by atoms with Crippen LogP contribution in [0.15, 0.2) is 6.20 Å². The number of aromatic amines is 1. The maximum atomic E-state index is 11.5. The van der Waals surface area contributed by atoms with Crippen molar-refractivity contribution in [2.24, 2.45) is 17.2 Å². The molecular weight excluding hydrogens is 302 g/mol. The van der Waals surface area contributed by atoms with Gasteiger partial charge in [-0.3, -0.25) is 4.79 Å². The number of hydrogen-bond acceptors (Lipinski definition) is 7. The van der Waals surface area contributed by atoms with E-state index in [9.17, 15) is 9.59 Å². The number of rotatable bonds is 6. The third kappa shape index (κ3) is 9.61. The van der Waals surface area contributed by atoms with E-state index >= 15 is 0 Å². The van der Waals surface area contributed by atoms with Gasteiger partial charge in [-0.15, -0.1) is 0 Å². The van der Waals surface area contributed by atoms with Gasteiger partial charge in [-0.2, -0.15) is 0 Å². The summed E-state index contributed by atoms with van der Waals surface area (Å²) < 4.78 is 5.13. The molecule has 23 heavy (non-hydrogen) atoms. The maximum absolute atomic E-state index is 11.5. The molecule has 8 N–H and O–H groups in total. The van der Waals surface area contributed by atoms with E-state index in [1.165, 1.54) is 6.20 Å². The van der Waals surface area contributed by atoms with Crippen molar-refractivity contribution in [3.8, 4) is 0 Å². The lowest BCUT2D eigenvalue weighted by Gasteiger charge is -2.18. The summed E-state index contributed by atoms with van der Waals surface area (Å²) in [5, 5.41) is 8.24. The van der Waals surface area contributed by atoms with Crippen LogP contribution in [0.3, 0.4) is 0 Å². The number of ether oxygens (including phenoxy) is 1. The SMILES string of the molecule is CC(C)(C)OC(=O)c1cnc(CN)[nH]1.NCCC[C@H](N)C(=O)O. The van der Waals surface area contributed by atoms with Crippen LogP contribution >= 0.6 is 0 Å². The summed E-state index contributed by atoms with van der Waals surface area (Å²) in [6.45, 7) is 6.21. The van der Waals surface area contributed by atoms with Crippen LogP contribution in [0.1, 0.15) is 49.9 Å². The molecular formula is C14H27N5O4. The summed E-state index contributed by atoms with van der Waals surface area (Å²) in [5.41, 5.74) is 15.5. The predicted molar refractivity (Wildman–Crippen MR) is 85.5 cm³/mol. The second-order valence-corrected chi connectivity index (χ2v) is 5.83. The molecule has 9 nitrogen and oxygen atoms in total. The topological polar surface area (TPSA) is 170 Å². The Labute approximate surface area is 135 Å². The fourth-order valence-electron chi connectivity index (χ4n) is 1.36. The Morgan fingerprint density at radius 3 is 2.39 bits per heavy atom. The average Bonchev–Trinajstić information content (AvgIpc) is 2.92. The summed E-state index contributed by atoms with van der Waals surface area (Å²) >= 11 is 0. The molecule has 0 aliphatic rings. The number of aliphatic carboxylic acids is 1. The van der Waals surface area contributed by atoms with Crippen LogP contribution in [0.5, 0.6) is 0 Å². The molecule has 1 atom stereocenters. The number of imidazole rings is 1. The summed E-state index contributed by atoms with van der Waals surface area (Å²) in [7, 11) is 0. The molecule has 0 aliphatic heterocycles. The highest BCUT2D eigenvalue weighted by atomic mass is 16.6. The molecule has 0 radical (unpaired) electrons. The maximum Gasteiger partial charge on any atom is 0.356 e. The number of nitrogens with zero attached hydrogens (tertiary/aromatic N) is 1. The summed E-state index contributed by atoms with van der Waals surface area (Å²) in [5.74, 6) is -0.793. The minimum atomic E-state index is -0.955. The van der Waals surface area contributed by atoms with Crippen LogP contribution in [0.25, 0.3) is 0 Å². The third-order valence-electron chi connectivity index (χ3n) is 2.48. The van der Waals surface area contributed by atoms with Crippen molar-refractivity contribution in [2.45, 2.75) is 51.8 Å². The highest BCUT2D eigenvalue weighted by Crippen LogP contribution is 2.10. The molecule has 132 valence electrons.